The third-order valence-corrected chi connectivity index (χ3v) is 4.58. The summed E-state index contributed by atoms with van der Waals surface area (Å²) in [7, 11) is 3.44. The molecule has 3 aromatic rings. The van der Waals surface area contributed by atoms with Crippen molar-refractivity contribution in [3.63, 3.8) is 0 Å². The third kappa shape index (κ3) is 3.20. The largest absolute Gasteiger partial charge is 0.359 e. The second-order valence-electron chi connectivity index (χ2n) is 6.28. The summed E-state index contributed by atoms with van der Waals surface area (Å²) < 4.78 is 1.70. The number of aryl methyl sites for hydroxylation is 2. The Kier molecular flexibility index (Phi) is 4.70. The summed E-state index contributed by atoms with van der Waals surface area (Å²) in [6.45, 7) is 2.03. The number of hydrogen-bond donors (Lipinski definition) is 1. The van der Waals surface area contributed by atoms with Gasteiger partial charge in [-0.2, -0.15) is 0 Å². The van der Waals surface area contributed by atoms with E-state index < -0.39 is 0 Å². The van der Waals surface area contributed by atoms with Crippen molar-refractivity contribution in [2.45, 2.75) is 19.8 Å². The number of carbonyl (C=O) groups is 1. The van der Waals surface area contributed by atoms with E-state index in [0.29, 0.717) is 18.2 Å². The van der Waals surface area contributed by atoms with Crippen LogP contribution in [0.3, 0.4) is 0 Å². The fourth-order valence-corrected chi connectivity index (χ4v) is 3.32. The third-order valence-electron chi connectivity index (χ3n) is 4.58. The highest BCUT2D eigenvalue weighted by Gasteiger charge is 2.17. The summed E-state index contributed by atoms with van der Waals surface area (Å²) >= 11 is 0. The summed E-state index contributed by atoms with van der Waals surface area (Å²) in [5.41, 5.74) is 4.03. The minimum Gasteiger partial charge on any atom is -0.359 e. The minimum atomic E-state index is -0.0178. The molecule has 0 saturated carbocycles. The summed E-state index contributed by atoms with van der Waals surface area (Å²) in [6, 6.07) is 15.7. The number of aromatic nitrogens is 1. The van der Waals surface area contributed by atoms with Crippen molar-refractivity contribution in [3.8, 4) is 11.3 Å². The molecule has 0 fully saturated rings. The minimum absolute atomic E-state index is 0.00636. The molecule has 128 valence electrons. The molecule has 0 bridgehead atoms. The van der Waals surface area contributed by atoms with Gasteiger partial charge in [0.1, 0.15) is 0 Å². The monoisotopic (exact) mass is 334 g/mol. The van der Waals surface area contributed by atoms with Gasteiger partial charge in [0.25, 0.3) is 5.56 Å². The summed E-state index contributed by atoms with van der Waals surface area (Å²) in [4.78, 5) is 24.6. The Morgan fingerprint density at radius 1 is 1.08 bits per heavy atom. The van der Waals surface area contributed by atoms with Gasteiger partial charge < -0.3 is 9.88 Å². The predicted octanol–water partition coefficient (Wildman–Crippen LogP) is 3.19. The highest BCUT2D eigenvalue weighted by atomic mass is 16.1. The number of hydrogen-bond acceptors (Lipinski definition) is 2. The molecule has 1 amide bonds. The molecule has 4 nitrogen and oxygen atoms in total. The average Bonchev–Trinajstić information content (AvgIpc) is 2.63. The molecule has 0 spiro atoms. The fraction of sp³-hybridized carbons (Fsp3) is 0.238. The fourth-order valence-electron chi connectivity index (χ4n) is 3.32. The van der Waals surface area contributed by atoms with Crippen LogP contribution in [0.25, 0.3) is 22.0 Å². The van der Waals surface area contributed by atoms with Crippen LogP contribution in [-0.2, 0) is 18.3 Å². The van der Waals surface area contributed by atoms with Gasteiger partial charge in [0.2, 0.25) is 5.91 Å². The van der Waals surface area contributed by atoms with Crippen molar-refractivity contribution in [1.82, 2.24) is 9.88 Å². The van der Waals surface area contributed by atoms with Crippen LogP contribution in [0.4, 0.5) is 0 Å². The SMILES string of the molecule is CNC(=O)CCc1c(-c2cccc(C)c2)n(C)c(=O)c2ccccc12. The van der Waals surface area contributed by atoms with Crippen molar-refractivity contribution in [2.75, 3.05) is 7.05 Å². The quantitative estimate of drug-likeness (QED) is 0.796. The topological polar surface area (TPSA) is 51.1 Å². The van der Waals surface area contributed by atoms with E-state index in [1.165, 1.54) is 0 Å². The Morgan fingerprint density at radius 2 is 1.80 bits per heavy atom. The van der Waals surface area contributed by atoms with Gasteiger partial charge in [-0.3, -0.25) is 9.59 Å². The first-order chi connectivity index (χ1) is 12.0. The van der Waals surface area contributed by atoms with Crippen LogP contribution in [0.15, 0.2) is 53.3 Å². The second kappa shape index (κ2) is 6.93. The van der Waals surface area contributed by atoms with Gasteiger partial charge in [0.15, 0.2) is 0 Å². The maximum absolute atomic E-state index is 12.8. The van der Waals surface area contributed by atoms with Crippen LogP contribution >= 0.6 is 0 Å². The van der Waals surface area contributed by atoms with E-state index in [0.717, 1.165) is 27.8 Å². The van der Waals surface area contributed by atoms with Crippen LogP contribution in [0, 0.1) is 6.92 Å². The van der Waals surface area contributed by atoms with Gasteiger partial charge in [0.05, 0.1) is 5.69 Å². The lowest BCUT2D eigenvalue weighted by atomic mass is 9.95. The lowest BCUT2D eigenvalue weighted by Crippen LogP contribution is -2.22. The number of nitrogens with one attached hydrogen (secondary N) is 1. The molecule has 0 radical (unpaired) electrons. The molecule has 1 N–H and O–H groups in total. The number of amides is 1. The van der Waals surface area contributed by atoms with E-state index in [1.54, 1.807) is 18.7 Å². The molecule has 0 atom stereocenters. The average molecular weight is 334 g/mol. The maximum atomic E-state index is 12.8. The number of pyridine rings is 1. The first kappa shape index (κ1) is 17.0. The Balaban J connectivity index is 2.31. The Hall–Kier alpha value is -2.88. The smallest absolute Gasteiger partial charge is 0.258 e. The predicted molar refractivity (Wildman–Crippen MR) is 102 cm³/mol. The van der Waals surface area contributed by atoms with E-state index in [2.05, 4.69) is 11.4 Å². The number of fused-ring (bicyclic) bond motifs is 1. The van der Waals surface area contributed by atoms with E-state index in [1.807, 2.05) is 49.4 Å². The van der Waals surface area contributed by atoms with Crippen LogP contribution in [-0.4, -0.2) is 17.5 Å². The zero-order chi connectivity index (χ0) is 18.0. The summed E-state index contributed by atoms with van der Waals surface area (Å²) in [5, 5.41) is 4.28. The molecule has 1 aromatic heterocycles. The van der Waals surface area contributed by atoms with Gasteiger partial charge in [-0.05, 0) is 42.0 Å². The molecule has 25 heavy (non-hydrogen) atoms. The molecule has 1 heterocycles. The molecular weight excluding hydrogens is 312 g/mol. The van der Waals surface area contributed by atoms with Gasteiger partial charge in [0, 0.05) is 25.9 Å². The Morgan fingerprint density at radius 3 is 2.48 bits per heavy atom. The van der Waals surface area contributed by atoms with Crippen LogP contribution in [0.2, 0.25) is 0 Å². The molecular formula is C21H22N2O2. The maximum Gasteiger partial charge on any atom is 0.258 e. The molecule has 0 aliphatic heterocycles. The highest BCUT2D eigenvalue weighted by molar-refractivity contribution is 5.90. The van der Waals surface area contributed by atoms with Gasteiger partial charge in [-0.15, -0.1) is 0 Å². The molecule has 0 aliphatic rings. The zero-order valence-corrected chi connectivity index (χ0v) is 14.8. The Bertz CT molecular complexity index is 1000. The lowest BCUT2D eigenvalue weighted by molar-refractivity contribution is -0.120. The number of nitrogens with zero attached hydrogens (tertiary/aromatic N) is 1. The van der Waals surface area contributed by atoms with E-state index in [-0.39, 0.29) is 11.5 Å². The number of benzene rings is 2. The van der Waals surface area contributed by atoms with Crippen LogP contribution < -0.4 is 10.9 Å². The van der Waals surface area contributed by atoms with Crippen molar-refractivity contribution in [1.29, 1.82) is 0 Å². The summed E-state index contributed by atoms with van der Waals surface area (Å²) in [5.74, 6) is -0.00636. The van der Waals surface area contributed by atoms with Crippen molar-refractivity contribution in [3.05, 3.63) is 70.0 Å². The molecule has 0 aliphatic carbocycles. The van der Waals surface area contributed by atoms with Gasteiger partial charge in [-0.25, -0.2) is 0 Å². The first-order valence-corrected chi connectivity index (χ1v) is 8.41. The molecule has 2 aromatic carbocycles. The normalized spacial score (nSPS) is 10.8. The summed E-state index contributed by atoms with van der Waals surface area (Å²) in [6.07, 6.45) is 0.967. The van der Waals surface area contributed by atoms with Crippen LogP contribution in [0.1, 0.15) is 17.5 Å². The molecule has 4 heteroatoms. The van der Waals surface area contributed by atoms with Crippen LogP contribution in [0.5, 0.6) is 0 Å². The zero-order valence-electron chi connectivity index (χ0n) is 14.8. The number of rotatable bonds is 4. The van der Waals surface area contributed by atoms with Crippen molar-refractivity contribution >= 4 is 16.7 Å². The number of carbonyl (C=O) groups excluding carboxylic acids is 1. The molecule has 0 saturated heterocycles. The Labute approximate surface area is 147 Å². The second-order valence-corrected chi connectivity index (χ2v) is 6.28. The van der Waals surface area contributed by atoms with Gasteiger partial charge in [-0.1, -0.05) is 42.0 Å². The van der Waals surface area contributed by atoms with E-state index >= 15 is 0 Å². The van der Waals surface area contributed by atoms with E-state index in [4.69, 9.17) is 0 Å². The van der Waals surface area contributed by atoms with Crippen molar-refractivity contribution in [2.24, 2.45) is 7.05 Å². The molecule has 3 rings (SSSR count). The standard InChI is InChI=1S/C21H22N2O2/c1-14-7-6-8-15(13-14)20-17(11-12-19(24)22-2)16-9-4-5-10-18(16)21(25)23(20)3/h4-10,13H,11-12H2,1-3H3,(H,22,24). The highest BCUT2D eigenvalue weighted by Crippen LogP contribution is 2.29. The van der Waals surface area contributed by atoms with Crippen molar-refractivity contribution < 1.29 is 4.79 Å². The van der Waals surface area contributed by atoms with E-state index in [9.17, 15) is 9.59 Å². The first-order valence-electron chi connectivity index (χ1n) is 8.41. The van der Waals surface area contributed by atoms with Gasteiger partial charge >= 0.3 is 0 Å². The molecule has 0 unspecified atom stereocenters. The lowest BCUT2D eigenvalue weighted by Gasteiger charge is -2.18.